The maximum atomic E-state index is 11.8. The lowest BCUT2D eigenvalue weighted by molar-refractivity contribution is -0.127. The SMILES string of the molecule is N[C@H]1CCC[C@@H](C(=O)NC2CCC2)C1. The maximum absolute atomic E-state index is 11.8. The first-order valence-electron chi connectivity index (χ1n) is 5.81. The van der Waals surface area contributed by atoms with Crippen LogP contribution in [0.15, 0.2) is 0 Å². The van der Waals surface area contributed by atoms with Crippen molar-refractivity contribution in [1.29, 1.82) is 0 Å². The largest absolute Gasteiger partial charge is 0.353 e. The molecular weight excluding hydrogens is 176 g/mol. The molecule has 80 valence electrons. The molecule has 0 aromatic heterocycles. The quantitative estimate of drug-likeness (QED) is 0.696. The first-order valence-corrected chi connectivity index (χ1v) is 5.81. The van der Waals surface area contributed by atoms with Gasteiger partial charge in [0.15, 0.2) is 0 Å². The number of hydrogen-bond donors (Lipinski definition) is 2. The van der Waals surface area contributed by atoms with Crippen LogP contribution in [0.25, 0.3) is 0 Å². The van der Waals surface area contributed by atoms with Gasteiger partial charge in [0, 0.05) is 18.0 Å². The van der Waals surface area contributed by atoms with Gasteiger partial charge >= 0.3 is 0 Å². The molecule has 0 aliphatic heterocycles. The van der Waals surface area contributed by atoms with Crippen LogP contribution >= 0.6 is 0 Å². The Hall–Kier alpha value is -0.570. The highest BCUT2D eigenvalue weighted by Crippen LogP contribution is 2.25. The van der Waals surface area contributed by atoms with Crippen LogP contribution in [0.1, 0.15) is 44.9 Å². The van der Waals surface area contributed by atoms with Crippen LogP contribution in [0.3, 0.4) is 0 Å². The van der Waals surface area contributed by atoms with Crippen LogP contribution in [-0.4, -0.2) is 18.0 Å². The summed E-state index contributed by atoms with van der Waals surface area (Å²) >= 11 is 0. The van der Waals surface area contributed by atoms with E-state index in [-0.39, 0.29) is 17.9 Å². The number of nitrogens with two attached hydrogens (primary N) is 1. The van der Waals surface area contributed by atoms with Crippen molar-refractivity contribution < 1.29 is 4.79 Å². The fourth-order valence-corrected chi connectivity index (χ4v) is 2.34. The van der Waals surface area contributed by atoms with Gasteiger partial charge in [-0.1, -0.05) is 6.42 Å². The van der Waals surface area contributed by atoms with E-state index < -0.39 is 0 Å². The van der Waals surface area contributed by atoms with Gasteiger partial charge in [0.2, 0.25) is 5.91 Å². The minimum atomic E-state index is 0.194. The van der Waals surface area contributed by atoms with Gasteiger partial charge in [0.25, 0.3) is 0 Å². The van der Waals surface area contributed by atoms with Gasteiger partial charge in [0.1, 0.15) is 0 Å². The lowest BCUT2D eigenvalue weighted by atomic mass is 9.84. The second kappa shape index (κ2) is 4.30. The molecule has 2 fully saturated rings. The first kappa shape index (κ1) is 9.97. The minimum Gasteiger partial charge on any atom is -0.353 e. The number of amides is 1. The monoisotopic (exact) mass is 196 g/mol. The highest BCUT2D eigenvalue weighted by molar-refractivity contribution is 5.79. The molecule has 3 heteroatoms. The summed E-state index contributed by atoms with van der Waals surface area (Å²) in [4.78, 5) is 11.8. The average molecular weight is 196 g/mol. The highest BCUT2D eigenvalue weighted by atomic mass is 16.1. The van der Waals surface area contributed by atoms with E-state index in [0.29, 0.717) is 6.04 Å². The van der Waals surface area contributed by atoms with Gasteiger partial charge in [0.05, 0.1) is 0 Å². The third kappa shape index (κ3) is 2.27. The summed E-state index contributed by atoms with van der Waals surface area (Å²) in [6.07, 6.45) is 7.74. The Kier molecular flexibility index (Phi) is 3.06. The molecule has 2 atom stereocenters. The van der Waals surface area contributed by atoms with Gasteiger partial charge in [-0.2, -0.15) is 0 Å². The van der Waals surface area contributed by atoms with Crippen LogP contribution < -0.4 is 11.1 Å². The zero-order valence-corrected chi connectivity index (χ0v) is 8.67. The molecular formula is C11H20N2O. The van der Waals surface area contributed by atoms with Crippen LogP contribution in [-0.2, 0) is 4.79 Å². The summed E-state index contributed by atoms with van der Waals surface area (Å²) in [5, 5.41) is 3.11. The van der Waals surface area contributed by atoms with Crippen molar-refractivity contribution in [2.75, 3.05) is 0 Å². The maximum Gasteiger partial charge on any atom is 0.223 e. The second-order valence-electron chi connectivity index (χ2n) is 4.76. The average Bonchev–Trinajstić information content (AvgIpc) is 2.11. The van der Waals surface area contributed by atoms with Gasteiger partial charge < -0.3 is 11.1 Å². The Bertz CT molecular complexity index is 213. The number of nitrogens with one attached hydrogen (secondary N) is 1. The molecule has 2 rings (SSSR count). The Balaban J connectivity index is 1.77. The van der Waals surface area contributed by atoms with E-state index >= 15 is 0 Å². The normalized spacial score (nSPS) is 33.5. The number of carbonyl (C=O) groups is 1. The molecule has 3 N–H and O–H groups in total. The van der Waals surface area contributed by atoms with E-state index in [9.17, 15) is 4.79 Å². The third-order valence-corrected chi connectivity index (χ3v) is 3.54. The zero-order valence-electron chi connectivity index (χ0n) is 8.67. The zero-order chi connectivity index (χ0) is 9.97. The molecule has 3 nitrogen and oxygen atoms in total. The molecule has 0 unspecified atom stereocenters. The van der Waals surface area contributed by atoms with Gasteiger partial charge in [-0.15, -0.1) is 0 Å². The predicted molar refractivity (Wildman–Crippen MR) is 55.7 cm³/mol. The van der Waals surface area contributed by atoms with Gasteiger partial charge in [-0.25, -0.2) is 0 Å². The molecule has 2 aliphatic rings. The van der Waals surface area contributed by atoms with E-state index in [1.165, 1.54) is 19.3 Å². The summed E-state index contributed by atoms with van der Waals surface area (Å²) in [7, 11) is 0. The molecule has 2 aliphatic carbocycles. The molecule has 0 aromatic rings. The third-order valence-electron chi connectivity index (χ3n) is 3.54. The van der Waals surface area contributed by atoms with Crippen LogP contribution in [0.4, 0.5) is 0 Å². The van der Waals surface area contributed by atoms with Crippen molar-refractivity contribution in [3.63, 3.8) is 0 Å². The molecule has 0 saturated heterocycles. The van der Waals surface area contributed by atoms with E-state index in [0.717, 1.165) is 25.7 Å². The Morgan fingerprint density at radius 3 is 2.43 bits per heavy atom. The molecule has 1 amide bonds. The number of carbonyl (C=O) groups excluding carboxylic acids is 1. The summed E-state index contributed by atoms with van der Waals surface area (Å²) in [6, 6.07) is 0.724. The molecule has 2 saturated carbocycles. The Morgan fingerprint density at radius 2 is 1.86 bits per heavy atom. The van der Waals surface area contributed by atoms with Crippen molar-refractivity contribution in [3.05, 3.63) is 0 Å². The molecule has 0 heterocycles. The highest BCUT2D eigenvalue weighted by Gasteiger charge is 2.28. The number of rotatable bonds is 2. The Morgan fingerprint density at radius 1 is 1.14 bits per heavy atom. The van der Waals surface area contributed by atoms with Crippen molar-refractivity contribution in [1.82, 2.24) is 5.32 Å². The van der Waals surface area contributed by atoms with E-state index in [1.54, 1.807) is 0 Å². The van der Waals surface area contributed by atoms with Crippen molar-refractivity contribution >= 4 is 5.91 Å². The Labute approximate surface area is 85.4 Å². The number of hydrogen-bond acceptors (Lipinski definition) is 2. The molecule has 0 aromatic carbocycles. The van der Waals surface area contributed by atoms with Gasteiger partial charge in [-0.3, -0.25) is 4.79 Å². The summed E-state index contributed by atoms with van der Waals surface area (Å²) in [5.74, 6) is 0.448. The molecule has 0 bridgehead atoms. The molecule has 14 heavy (non-hydrogen) atoms. The van der Waals surface area contributed by atoms with Crippen LogP contribution in [0.5, 0.6) is 0 Å². The lowest BCUT2D eigenvalue weighted by Gasteiger charge is -2.31. The smallest absolute Gasteiger partial charge is 0.223 e. The van der Waals surface area contributed by atoms with Crippen molar-refractivity contribution in [3.8, 4) is 0 Å². The van der Waals surface area contributed by atoms with E-state index in [2.05, 4.69) is 5.32 Å². The van der Waals surface area contributed by atoms with Crippen molar-refractivity contribution in [2.45, 2.75) is 57.0 Å². The van der Waals surface area contributed by atoms with Crippen LogP contribution in [0, 0.1) is 5.92 Å². The fraction of sp³-hybridized carbons (Fsp3) is 0.909. The van der Waals surface area contributed by atoms with E-state index in [1.807, 2.05) is 0 Å². The van der Waals surface area contributed by atoms with Gasteiger partial charge in [-0.05, 0) is 38.5 Å². The van der Waals surface area contributed by atoms with Crippen molar-refractivity contribution in [2.24, 2.45) is 11.7 Å². The molecule has 0 radical (unpaired) electrons. The summed E-state index contributed by atoms with van der Waals surface area (Å²) in [5.41, 5.74) is 5.86. The standard InChI is InChI=1S/C11H20N2O/c12-9-4-1-3-8(7-9)11(14)13-10-5-2-6-10/h8-10H,1-7,12H2,(H,13,14)/t8-,9+/m1/s1. The summed E-state index contributed by atoms with van der Waals surface area (Å²) < 4.78 is 0. The molecule has 0 spiro atoms. The minimum absolute atomic E-state index is 0.194. The van der Waals surface area contributed by atoms with E-state index in [4.69, 9.17) is 5.73 Å². The fourth-order valence-electron chi connectivity index (χ4n) is 2.34. The predicted octanol–water partition coefficient (Wildman–Crippen LogP) is 1.17. The topological polar surface area (TPSA) is 55.1 Å². The first-order chi connectivity index (χ1) is 6.75. The second-order valence-corrected chi connectivity index (χ2v) is 4.76. The summed E-state index contributed by atoms with van der Waals surface area (Å²) in [6.45, 7) is 0. The lowest BCUT2D eigenvalue weighted by Crippen LogP contribution is -2.44. The van der Waals surface area contributed by atoms with Crippen LogP contribution in [0.2, 0.25) is 0 Å².